The minimum absolute atomic E-state index is 0.0332. The lowest BCUT2D eigenvalue weighted by Gasteiger charge is -2.41. The van der Waals surface area contributed by atoms with Gasteiger partial charge in [-0.15, -0.1) is 0 Å². The summed E-state index contributed by atoms with van der Waals surface area (Å²) in [4.78, 5) is 24.5. The van der Waals surface area contributed by atoms with Crippen molar-refractivity contribution in [2.24, 2.45) is 0 Å². The molecule has 0 amide bonds. The Bertz CT molecular complexity index is 1060. The molecular weight excluding hydrogens is 376 g/mol. The highest BCUT2D eigenvalue weighted by molar-refractivity contribution is 6.30. The van der Waals surface area contributed by atoms with Crippen molar-refractivity contribution in [3.63, 3.8) is 0 Å². The average molecular weight is 401 g/mol. The van der Waals surface area contributed by atoms with Gasteiger partial charge in [0.2, 0.25) is 0 Å². The molecule has 148 valence electrons. The normalized spacial score (nSPS) is 18.6. The van der Waals surface area contributed by atoms with Gasteiger partial charge in [0, 0.05) is 17.1 Å². The quantitative estimate of drug-likeness (QED) is 0.714. The number of anilines is 1. The Morgan fingerprint density at radius 1 is 1.18 bits per heavy atom. The van der Waals surface area contributed by atoms with Crippen LogP contribution in [-0.4, -0.2) is 42.6 Å². The summed E-state index contributed by atoms with van der Waals surface area (Å²) in [5.74, 6) is 0.291. The van der Waals surface area contributed by atoms with Crippen LogP contribution in [0.25, 0.3) is 16.9 Å². The van der Waals surface area contributed by atoms with Gasteiger partial charge < -0.3 is 5.73 Å². The molecule has 0 saturated carbocycles. The van der Waals surface area contributed by atoms with Gasteiger partial charge in [0.25, 0.3) is 0 Å². The third-order valence-electron chi connectivity index (χ3n) is 5.48. The lowest BCUT2D eigenvalue weighted by Crippen LogP contribution is -2.48. The van der Waals surface area contributed by atoms with Crippen LogP contribution in [0.15, 0.2) is 35.4 Å². The van der Waals surface area contributed by atoms with Crippen LogP contribution in [0, 0.1) is 0 Å². The lowest BCUT2D eigenvalue weighted by atomic mass is 9.98. The molecule has 0 bridgehead atoms. The Balaban J connectivity index is 1.91. The number of fused-ring (bicyclic) bond motifs is 1. The van der Waals surface area contributed by atoms with Crippen LogP contribution in [-0.2, 0) is 0 Å². The van der Waals surface area contributed by atoms with E-state index in [1.54, 1.807) is 21.3 Å². The molecule has 1 aliphatic heterocycles. The first-order valence-electron chi connectivity index (χ1n) is 9.52. The van der Waals surface area contributed by atoms with Gasteiger partial charge in [-0.05, 0) is 64.4 Å². The van der Waals surface area contributed by atoms with Crippen LogP contribution in [0.1, 0.15) is 39.7 Å². The van der Waals surface area contributed by atoms with Crippen LogP contribution in [0.4, 0.5) is 5.82 Å². The van der Waals surface area contributed by atoms with E-state index in [1.165, 1.54) is 6.33 Å². The second-order valence-electron chi connectivity index (χ2n) is 8.31. The molecule has 2 aromatic heterocycles. The smallest absolute Gasteiger partial charge is 0.335 e. The van der Waals surface area contributed by atoms with Crippen molar-refractivity contribution < 1.29 is 0 Å². The number of piperidine rings is 1. The molecule has 1 aliphatic rings. The summed E-state index contributed by atoms with van der Waals surface area (Å²) in [7, 11) is 0. The zero-order valence-corrected chi connectivity index (χ0v) is 17.1. The minimum Gasteiger partial charge on any atom is -0.382 e. The molecule has 3 aromatic rings. The maximum absolute atomic E-state index is 13.5. The molecule has 0 unspecified atom stereocenters. The van der Waals surface area contributed by atoms with Gasteiger partial charge >= 0.3 is 5.69 Å². The molecule has 4 rings (SSSR count). The number of benzene rings is 1. The highest BCUT2D eigenvalue weighted by Crippen LogP contribution is 2.30. The van der Waals surface area contributed by atoms with Crippen LogP contribution in [0.2, 0.25) is 5.02 Å². The summed E-state index contributed by atoms with van der Waals surface area (Å²) in [5.41, 5.74) is 7.89. The Morgan fingerprint density at radius 2 is 1.89 bits per heavy atom. The Kier molecular flexibility index (Phi) is 4.67. The van der Waals surface area contributed by atoms with Gasteiger partial charge in [-0.25, -0.2) is 14.8 Å². The SMILES string of the molecule is CC(C)(C)N1CCC[C@@H](n2c(=O)n(-c3ccc(Cl)cc3)c3c(N)ncnc32)C1. The monoisotopic (exact) mass is 400 g/mol. The zero-order chi connectivity index (χ0) is 20.1. The predicted molar refractivity (Wildman–Crippen MR) is 112 cm³/mol. The van der Waals surface area contributed by atoms with Gasteiger partial charge in [0.15, 0.2) is 11.5 Å². The Labute approximate surface area is 168 Å². The van der Waals surface area contributed by atoms with Crippen molar-refractivity contribution in [3.05, 3.63) is 46.1 Å². The second-order valence-corrected chi connectivity index (χ2v) is 8.74. The highest BCUT2D eigenvalue weighted by atomic mass is 35.5. The van der Waals surface area contributed by atoms with Crippen molar-refractivity contribution >= 4 is 28.6 Å². The fourth-order valence-corrected chi connectivity index (χ4v) is 4.13. The molecule has 0 aliphatic carbocycles. The molecule has 0 radical (unpaired) electrons. The number of likely N-dealkylation sites (tertiary alicyclic amines) is 1. The van der Waals surface area contributed by atoms with Crippen LogP contribution in [0.5, 0.6) is 0 Å². The van der Waals surface area contributed by atoms with Crippen molar-refractivity contribution in [3.8, 4) is 5.69 Å². The van der Waals surface area contributed by atoms with Gasteiger partial charge in [-0.1, -0.05) is 11.6 Å². The van der Waals surface area contributed by atoms with E-state index in [1.807, 2.05) is 12.1 Å². The molecule has 3 heterocycles. The summed E-state index contributed by atoms with van der Waals surface area (Å²) in [6.45, 7) is 8.44. The number of hydrogen-bond acceptors (Lipinski definition) is 5. The first kappa shape index (κ1) is 19.0. The Hall–Kier alpha value is -2.38. The number of nitrogen functional groups attached to an aromatic ring is 1. The highest BCUT2D eigenvalue weighted by Gasteiger charge is 2.32. The topological polar surface area (TPSA) is 82.0 Å². The average Bonchev–Trinajstić information content (AvgIpc) is 2.95. The molecule has 8 heteroatoms. The molecular formula is C20H25ClN6O. The van der Waals surface area contributed by atoms with E-state index in [0.717, 1.165) is 25.9 Å². The van der Waals surface area contributed by atoms with E-state index in [9.17, 15) is 4.79 Å². The van der Waals surface area contributed by atoms with Crippen molar-refractivity contribution in [2.75, 3.05) is 18.8 Å². The molecule has 2 N–H and O–H groups in total. The number of aromatic nitrogens is 4. The maximum Gasteiger partial charge on any atom is 0.335 e. The Morgan fingerprint density at radius 3 is 2.57 bits per heavy atom. The number of rotatable bonds is 2. The lowest BCUT2D eigenvalue weighted by molar-refractivity contribution is 0.0820. The van der Waals surface area contributed by atoms with Gasteiger partial charge in [-0.3, -0.25) is 14.0 Å². The molecule has 1 saturated heterocycles. The van der Waals surface area contributed by atoms with E-state index >= 15 is 0 Å². The fraction of sp³-hybridized carbons (Fsp3) is 0.450. The van der Waals surface area contributed by atoms with Gasteiger partial charge in [-0.2, -0.15) is 0 Å². The number of nitrogens with zero attached hydrogens (tertiary/aromatic N) is 5. The van der Waals surface area contributed by atoms with Crippen LogP contribution < -0.4 is 11.4 Å². The number of nitrogens with two attached hydrogens (primary N) is 1. The molecule has 0 spiro atoms. The van der Waals surface area contributed by atoms with E-state index in [4.69, 9.17) is 17.3 Å². The summed E-state index contributed by atoms with van der Waals surface area (Å²) < 4.78 is 3.39. The van der Waals surface area contributed by atoms with E-state index in [2.05, 4.69) is 35.6 Å². The van der Waals surface area contributed by atoms with Gasteiger partial charge in [0.1, 0.15) is 11.8 Å². The first-order valence-corrected chi connectivity index (χ1v) is 9.89. The van der Waals surface area contributed by atoms with Crippen LogP contribution in [0.3, 0.4) is 0 Å². The van der Waals surface area contributed by atoms with Crippen molar-refractivity contribution in [1.82, 2.24) is 24.0 Å². The summed E-state index contributed by atoms with van der Waals surface area (Å²) in [5, 5.41) is 0.609. The number of halogens is 1. The first-order chi connectivity index (χ1) is 13.3. The third kappa shape index (κ3) is 3.18. The summed E-state index contributed by atoms with van der Waals surface area (Å²) in [6, 6.07) is 7.17. The van der Waals surface area contributed by atoms with Gasteiger partial charge in [0.05, 0.1) is 11.7 Å². The maximum atomic E-state index is 13.5. The standard InChI is InChI=1S/C20H25ClN6O/c1-20(2,3)25-10-4-5-15(11-25)27-18-16(17(22)23-12-24-18)26(19(27)28)14-8-6-13(21)7-9-14/h6-9,12,15H,4-5,10-11H2,1-3H3,(H2,22,23,24)/t15-/m1/s1. The summed E-state index contributed by atoms with van der Waals surface area (Å²) in [6.07, 6.45) is 3.38. The van der Waals surface area contributed by atoms with E-state index in [-0.39, 0.29) is 17.3 Å². The molecule has 28 heavy (non-hydrogen) atoms. The molecule has 1 aromatic carbocycles. The second kappa shape index (κ2) is 6.90. The fourth-order valence-electron chi connectivity index (χ4n) is 4.00. The summed E-state index contributed by atoms with van der Waals surface area (Å²) >= 11 is 6.03. The molecule has 1 fully saturated rings. The van der Waals surface area contributed by atoms with Crippen molar-refractivity contribution in [1.29, 1.82) is 0 Å². The third-order valence-corrected chi connectivity index (χ3v) is 5.73. The molecule has 1 atom stereocenters. The zero-order valence-electron chi connectivity index (χ0n) is 16.4. The van der Waals surface area contributed by atoms with Crippen molar-refractivity contribution in [2.45, 2.75) is 45.2 Å². The molecule has 7 nitrogen and oxygen atoms in total. The van der Waals surface area contributed by atoms with E-state index in [0.29, 0.717) is 27.7 Å². The predicted octanol–water partition coefficient (Wildman–Crippen LogP) is 3.25. The number of hydrogen-bond donors (Lipinski definition) is 1. The van der Waals surface area contributed by atoms with E-state index < -0.39 is 0 Å². The number of imidazole rings is 1. The largest absolute Gasteiger partial charge is 0.382 e. The van der Waals surface area contributed by atoms with Crippen LogP contribution >= 0.6 is 11.6 Å². The minimum atomic E-state index is -0.148.